The quantitative estimate of drug-likeness (QED) is 0.415. The number of methoxy groups -OCH3 is 3. The van der Waals surface area contributed by atoms with E-state index in [-0.39, 0.29) is 0 Å². The fraction of sp³-hybridized carbons (Fsp3) is 0.417. The number of benzene rings is 2. The molecule has 0 atom stereocenters. The molecule has 1 heterocycles. The number of rotatable bonds is 8. The molecule has 7 heteroatoms. The maximum Gasteiger partial charge on any atom is 0.192 e. The second-order valence-corrected chi connectivity index (χ2v) is 8.61. The van der Waals surface area contributed by atoms with E-state index in [0.717, 1.165) is 58.0 Å². The van der Waals surface area contributed by atoms with Crippen LogP contribution in [0.5, 0.6) is 17.2 Å². The van der Waals surface area contributed by atoms with Crippen LogP contribution >= 0.6 is 11.8 Å². The maximum absolute atomic E-state index is 5.52. The Morgan fingerprint density at radius 3 is 2.29 bits per heavy atom. The van der Waals surface area contributed by atoms with E-state index in [0.29, 0.717) is 6.04 Å². The standard InChI is InChI=1S/C24H29N3O3S/c1-28-20-13-18(14-21(15-20)29-2)23-25-26-24(27(23)19-10-5-4-6-11-19)31-16-17-9-7-8-12-22(17)30-3/h7-9,12-15,19H,4-6,10-11,16H2,1-3H3. The van der Waals surface area contributed by atoms with Gasteiger partial charge in [-0.3, -0.25) is 4.57 Å². The molecule has 0 spiro atoms. The summed E-state index contributed by atoms with van der Waals surface area (Å²) >= 11 is 1.71. The third-order valence-electron chi connectivity index (χ3n) is 5.76. The smallest absolute Gasteiger partial charge is 0.192 e. The van der Waals surface area contributed by atoms with E-state index in [1.807, 2.05) is 36.4 Å². The van der Waals surface area contributed by atoms with Crippen LogP contribution in [0, 0.1) is 0 Å². The van der Waals surface area contributed by atoms with Gasteiger partial charge in [0.05, 0.1) is 21.3 Å². The second-order valence-electron chi connectivity index (χ2n) is 7.67. The minimum absolute atomic E-state index is 0.399. The van der Waals surface area contributed by atoms with Gasteiger partial charge in [-0.05, 0) is 31.0 Å². The number of hydrogen-bond donors (Lipinski definition) is 0. The van der Waals surface area contributed by atoms with Gasteiger partial charge in [0.1, 0.15) is 17.2 Å². The van der Waals surface area contributed by atoms with Gasteiger partial charge in [-0.2, -0.15) is 0 Å². The minimum Gasteiger partial charge on any atom is -0.497 e. The fourth-order valence-electron chi connectivity index (χ4n) is 4.14. The second kappa shape index (κ2) is 10.1. The van der Waals surface area contributed by atoms with Crippen molar-refractivity contribution in [1.29, 1.82) is 0 Å². The van der Waals surface area contributed by atoms with Crippen LogP contribution in [0.15, 0.2) is 47.6 Å². The molecule has 3 aromatic rings. The van der Waals surface area contributed by atoms with Gasteiger partial charge in [-0.15, -0.1) is 10.2 Å². The van der Waals surface area contributed by atoms with Crippen molar-refractivity contribution in [1.82, 2.24) is 14.8 Å². The van der Waals surface area contributed by atoms with Crippen molar-refractivity contribution in [3.63, 3.8) is 0 Å². The predicted molar refractivity (Wildman–Crippen MR) is 123 cm³/mol. The average molecular weight is 440 g/mol. The zero-order valence-electron chi connectivity index (χ0n) is 18.3. The number of para-hydroxylation sites is 1. The molecule has 1 saturated carbocycles. The van der Waals surface area contributed by atoms with E-state index in [9.17, 15) is 0 Å². The SMILES string of the molecule is COc1cc(OC)cc(-c2nnc(SCc3ccccc3OC)n2C2CCCCC2)c1. The van der Waals surface area contributed by atoms with Crippen molar-refractivity contribution in [3.8, 4) is 28.6 Å². The van der Waals surface area contributed by atoms with Crippen LogP contribution in [0.3, 0.4) is 0 Å². The van der Waals surface area contributed by atoms with Crippen molar-refractivity contribution in [2.75, 3.05) is 21.3 Å². The van der Waals surface area contributed by atoms with E-state index in [2.05, 4.69) is 20.8 Å². The highest BCUT2D eigenvalue weighted by atomic mass is 32.2. The largest absolute Gasteiger partial charge is 0.497 e. The number of aromatic nitrogens is 3. The lowest BCUT2D eigenvalue weighted by atomic mass is 9.95. The van der Waals surface area contributed by atoms with Gasteiger partial charge >= 0.3 is 0 Å². The Morgan fingerprint density at radius 2 is 1.61 bits per heavy atom. The first-order valence-corrected chi connectivity index (χ1v) is 11.6. The maximum atomic E-state index is 5.52. The topological polar surface area (TPSA) is 58.4 Å². The Kier molecular flexibility index (Phi) is 7.02. The molecule has 1 aromatic heterocycles. The summed E-state index contributed by atoms with van der Waals surface area (Å²) in [6, 6.07) is 14.4. The van der Waals surface area contributed by atoms with Crippen LogP contribution in [0.4, 0.5) is 0 Å². The normalized spacial score (nSPS) is 14.4. The number of ether oxygens (including phenoxy) is 3. The molecule has 0 amide bonds. The molecule has 0 bridgehead atoms. The van der Waals surface area contributed by atoms with Crippen molar-refractivity contribution in [2.24, 2.45) is 0 Å². The summed E-state index contributed by atoms with van der Waals surface area (Å²) in [6.07, 6.45) is 6.06. The molecule has 4 rings (SSSR count). The number of thioether (sulfide) groups is 1. The molecule has 164 valence electrons. The van der Waals surface area contributed by atoms with Crippen molar-refractivity contribution < 1.29 is 14.2 Å². The summed E-state index contributed by atoms with van der Waals surface area (Å²) in [5, 5.41) is 10.2. The highest BCUT2D eigenvalue weighted by molar-refractivity contribution is 7.98. The summed E-state index contributed by atoms with van der Waals surface area (Å²) in [6.45, 7) is 0. The van der Waals surface area contributed by atoms with Crippen molar-refractivity contribution in [3.05, 3.63) is 48.0 Å². The molecule has 6 nitrogen and oxygen atoms in total. The van der Waals surface area contributed by atoms with Gasteiger partial charge in [0.2, 0.25) is 0 Å². The fourth-order valence-corrected chi connectivity index (χ4v) is 5.14. The van der Waals surface area contributed by atoms with E-state index >= 15 is 0 Å². The summed E-state index contributed by atoms with van der Waals surface area (Å²) in [4.78, 5) is 0. The Hall–Kier alpha value is -2.67. The van der Waals surface area contributed by atoms with Crippen molar-refractivity contribution in [2.45, 2.75) is 49.1 Å². The number of hydrogen-bond acceptors (Lipinski definition) is 6. The van der Waals surface area contributed by atoms with Crippen LogP contribution in [0.25, 0.3) is 11.4 Å². The minimum atomic E-state index is 0.399. The lowest BCUT2D eigenvalue weighted by molar-refractivity contribution is 0.339. The third kappa shape index (κ3) is 4.82. The van der Waals surface area contributed by atoms with Crippen LogP contribution < -0.4 is 14.2 Å². The molecule has 0 aliphatic heterocycles. The van der Waals surface area contributed by atoms with Crippen LogP contribution in [0.1, 0.15) is 43.7 Å². The molecular weight excluding hydrogens is 410 g/mol. The summed E-state index contributed by atoms with van der Waals surface area (Å²) in [7, 11) is 5.04. The molecule has 31 heavy (non-hydrogen) atoms. The molecule has 2 aromatic carbocycles. The van der Waals surface area contributed by atoms with Gasteiger partial charge in [-0.25, -0.2) is 0 Å². The molecule has 1 fully saturated rings. The predicted octanol–water partition coefficient (Wildman–Crippen LogP) is 5.77. The molecule has 1 aliphatic carbocycles. The first kappa shape index (κ1) is 21.6. The first-order chi connectivity index (χ1) is 15.2. The molecule has 0 unspecified atom stereocenters. The van der Waals surface area contributed by atoms with Gasteiger partial charge in [0, 0.05) is 29.0 Å². The first-order valence-electron chi connectivity index (χ1n) is 10.7. The summed E-state index contributed by atoms with van der Waals surface area (Å²) in [5.41, 5.74) is 2.11. The van der Waals surface area contributed by atoms with Gasteiger partial charge < -0.3 is 14.2 Å². The molecule has 0 radical (unpaired) electrons. The van der Waals surface area contributed by atoms with E-state index in [4.69, 9.17) is 14.2 Å². The molecule has 0 N–H and O–H groups in total. The Balaban J connectivity index is 1.70. The number of nitrogens with zero attached hydrogens (tertiary/aromatic N) is 3. The molecule has 1 aliphatic rings. The average Bonchev–Trinajstić information content (AvgIpc) is 3.27. The third-order valence-corrected chi connectivity index (χ3v) is 6.76. The summed E-state index contributed by atoms with van der Waals surface area (Å²) in [5.74, 6) is 4.03. The Bertz CT molecular complexity index is 993. The molecule has 0 saturated heterocycles. The van der Waals surface area contributed by atoms with Gasteiger partial charge in [-0.1, -0.05) is 49.2 Å². The van der Waals surface area contributed by atoms with Crippen LogP contribution in [-0.4, -0.2) is 36.1 Å². The zero-order chi connectivity index (χ0) is 21.6. The van der Waals surface area contributed by atoms with Crippen LogP contribution in [0.2, 0.25) is 0 Å². The van der Waals surface area contributed by atoms with Crippen molar-refractivity contribution >= 4 is 11.8 Å². The lowest BCUT2D eigenvalue weighted by Crippen LogP contribution is -2.15. The van der Waals surface area contributed by atoms with E-state index < -0.39 is 0 Å². The molecular formula is C24H29N3O3S. The highest BCUT2D eigenvalue weighted by Crippen LogP contribution is 2.38. The van der Waals surface area contributed by atoms with E-state index in [1.165, 1.54) is 19.3 Å². The summed E-state index contributed by atoms with van der Waals surface area (Å²) < 4.78 is 18.8. The zero-order valence-corrected chi connectivity index (χ0v) is 19.2. The van der Waals surface area contributed by atoms with Gasteiger partial charge in [0.25, 0.3) is 0 Å². The van der Waals surface area contributed by atoms with E-state index in [1.54, 1.807) is 33.1 Å². The van der Waals surface area contributed by atoms with Gasteiger partial charge in [0.15, 0.2) is 11.0 Å². The lowest BCUT2D eigenvalue weighted by Gasteiger charge is -2.26. The monoisotopic (exact) mass is 439 g/mol. The Morgan fingerprint density at radius 1 is 0.903 bits per heavy atom. The van der Waals surface area contributed by atoms with Crippen LogP contribution in [-0.2, 0) is 5.75 Å². The Labute approximate surface area is 187 Å². The highest BCUT2D eigenvalue weighted by Gasteiger charge is 2.24.